The van der Waals surface area contributed by atoms with Gasteiger partial charge in [0, 0.05) is 11.3 Å². The fourth-order valence-electron chi connectivity index (χ4n) is 3.31. The second kappa shape index (κ2) is 5.84. The average Bonchev–Trinajstić information content (AvgIpc) is 2.84. The van der Waals surface area contributed by atoms with Gasteiger partial charge in [-0.2, -0.15) is 0 Å². The van der Waals surface area contributed by atoms with Crippen molar-refractivity contribution in [3.05, 3.63) is 23.8 Å². The SMILES string of the molecule is Cc1cccc(-c2nnnn2C2CCCCCC2C)c1N. The molecular weight excluding hydrogens is 262 g/mol. The Hall–Kier alpha value is -1.91. The minimum Gasteiger partial charge on any atom is -0.398 e. The average molecular weight is 285 g/mol. The van der Waals surface area contributed by atoms with E-state index in [1.807, 2.05) is 29.8 Å². The lowest BCUT2D eigenvalue weighted by Gasteiger charge is -2.22. The molecule has 0 amide bonds. The van der Waals surface area contributed by atoms with E-state index in [0.717, 1.165) is 29.1 Å². The molecule has 0 radical (unpaired) electrons. The Labute approximate surface area is 125 Å². The van der Waals surface area contributed by atoms with Gasteiger partial charge in [0.05, 0.1) is 6.04 Å². The summed E-state index contributed by atoms with van der Waals surface area (Å²) in [7, 11) is 0. The fraction of sp³-hybridized carbons (Fsp3) is 0.562. The summed E-state index contributed by atoms with van der Waals surface area (Å²) in [4.78, 5) is 0. The number of anilines is 1. The Balaban J connectivity index is 2.02. The van der Waals surface area contributed by atoms with Gasteiger partial charge in [0.25, 0.3) is 0 Å². The molecule has 1 aromatic carbocycles. The lowest BCUT2D eigenvalue weighted by molar-refractivity contribution is 0.306. The van der Waals surface area contributed by atoms with Crippen LogP contribution >= 0.6 is 0 Å². The van der Waals surface area contributed by atoms with Gasteiger partial charge < -0.3 is 5.73 Å². The van der Waals surface area contributed by atoms with Crippen LogP contribution < -0.4 is 5.73 Å². The number of aryl methyl sites for hydroxylation is 1. The summed E-state index contributed by atoms with van der Waals surface area (Å²) < 4.78 is 2.00. The van der Waals surface area contributed by atoms with Crippen LogP contribution in [0.3, 0.4) is 0 Å². The van der Waals surface area contributed by atoms with Crippen LogP contribution in [-0.2, 0) is 0 Å². The molecule has 2 aromatic rings. The number of rotatable bonds is 2. The van der Waals surface area contributed by atoms with Crippen LogP contribution in [0.1, 0.15) is 50.6 Å². The van der Waals surface area contributed by atoms with E-state index in [9.17, 15) is 0 Å². The van der Waals surface area contributed by atoms with Gasteiger partial charge in [0.15, 0.2) is 5.82 Å². The van der Waals surface area contributed by atoms with Crippen molar-refractivity contribution >= 4 is 5.69 Å². The van der Waals surface area contributed by atoms with E-state index in [4.69, 9.17) is 5.73 Å². The zero-order valence-electron chi connectivity index (χ0n) is 12.8. The molecule has 1 heterocycles. The first kappa shape index (κ1) is 14.0. The molecule has 0 bridgehead atoms. The summed E-state index contributed by atoms with van der Waals surface area (Å²) in [6, 6.07) is 6.40. The molecule has 0 saturated heterocycles. The first-order valence-electron chi connectivity index (χ1n) is 7.82. The minimum atomic E-state index is 0.373. The summed E-state index contributed by atoms with van der Waals surface area (Å²) in [5.41, 5.74) is 9.01. The molecule has 1 aliphatic carbocycles. The third kappa shape index (κ3) is 2.64. The van der Waals surface area contributed by atoms with Gasteiger partial charge in [-0.3, -0.25) is 0 Å². The van der Waals surface area contributed by atoms with E-state index in [1.165, 1.54) is 25.7 Å². The Morgan fingerprint density at radius 1 is 1.19 bits per heavy atom. The molecule has 1 aliphatic rings. The standard InChI is InChI=1S/C16H23N5/c1-11-7-4-3-5-10-14(11)21-16(18-19-20-21)13-9-6-8-12(2)15(13)17/h6,8-9,11,14H,3-5,7,10,17H2,1-2H3. The number of nitrogens with two attached hydrogens (primary N) is 1. The molecule has 112 valence electrons. The minimum absolute atomic E-state index is 0.373. The van der Waals surface area contributed by atoms with Crippen molar-refractivity contribution in [3.63, 3.8) is 0 Å². The predicted octanol–water partition coefficient (Wildman–Crippen LogP) is 3.37. The summed E-state index contributed by atoms with van der Waals surface area (Å²) in [6.45, 7) is 4.32. The van der Waals surface area contributed by atoms with Crippen LogP contribution in [0.5, 0.6) is 0 Å². The van der Waals surface area contributed by atoms with Crippen molar-refractivity contribution in [2.45, 2.75) is 52.0 Å². The number of tetrazole rings is 1. The molecule has 3 rings (SSSR count). The lowest BCUT2D eigenvalue weighted by atomic mass is 9.96. The molecule has 5 nitrogen and oxygen atoms in total. The molecule has 0 aliphatic heterocycles. The number of nitrogen functional groups attached to an aromatic ring is 1. The maximum absolute atomic E-state index is 6.23. The molecule has 5 heteroatoms. The Morgan fingerprint density at radius 3 is 2.86 bits per heavy atom. The van der Waals surface area contributed by atoms with Gasteiger partial charge in [0.1, 0.15) is 0 Å². The highest BCUT2D eigenvalue weighted by atomic mass is 15.5. The van der Waals surface area contributed by atoms with E-state index in [-0.39, 0.29) is 0 Å². The second-order valence-corrected chi connectivity index (χ2v) is 6.17. The summed E-state index contributed by atoms with van der Waals surface area (Å²) in [5, 5.41) is 12.4. The number of nitrogens with zero attached hydrogens (tertiary/aromatic N) is 4. The van der Waals surface area contributed by atoms with Crippen LogP contribution in [0.15, 0.2) is 18.2 Å². The van der Waals surface area contributed by atoms with Crippen LogP contribution in [0.4, 0.5) is 5.69 Å². The van der Waals surface area contributed by atoms with Crippen molar-refractivity contribution in [2.75, 3.05) is 5.73 Å². The highest BCUT2D eigenvalue weighted by molar-refractivity contribution is 5.74. The highest BCUT2D eigenvalue weighted by Crippen LogP contribution is 2.35. The molecule has 21 heavy (non-hydrogen) atoms. The van der Waals surface area contributed by atoms with Crippen LogP contribution in [0, 0.1) is 12.8 Å². The third-order valence-electron chi connectivity index (χ3n) is 4.69. The number of para-hydroxylation sites is 1. The maximum Gasteiger partial charge on any atom is 0.184 e. The molecule has 1 saturated carbocycles. The Morgan fingerprint density at radius 2 is 2.00 bits per heavy atom. The number of benzene rings is 1. The van der Waals surface area contributed by atoms with Gasteiger partial charge in [-0.1, -0.05) is 38.3 Å². The zero-order chi connectivity index (χ0) is 14.8. The second-order valence-electron chi connectivity index (χ2n) is 6.17. The molecule has 2 unspecified atom stereocenters. The largest absolute Gasteiger partial charge is 0.398 e. The first-order chi connectivity index (χ1) is 10.2. The molecule has 1 fully saturated rings. The molecule has 1 aromatic heterocycles. The molecule has 2 N–H and O–H groups in total. The molecular formula is C16H23N5. The molecule has 2 atom stereocenters. The highest BCUT2D eigenvalue weighted by Gasteiger charge is 2.26. The Bertz CT molecular complexity index is 619. The van der Waals surface area contributed by atoms with Crippen molar-refractivity contribution in [1.29, 1.82) is 0 Å². The van der Waals surface area contributed by atoms with Crippen molar-refractivity contribution in [2.24, 2.45) is 5.92 Å². The van der Waals surface area contributed by atoms with E-state index in [0.29, 0.717) is 12.0 Å². The van der Waals surface area contributed by atoms with Crippen molar-refractivity contribution in [3.8, 4) is 11.4 Å². The maximum atomic E-state index is 6.23. The number of hydrogen-bond acceptors (Lipinski definition) is 4. The monoisotopic (exact) mass is 285 g/mol. The van der Waals surface area contributed by atoms with E-state index >= 15 is 0 Å². The van der Waals surface area contributed by atoms with Gasteiger partial charge in [-0.15, -0.1) is 5.10 Å². The zero-order valence-corrected chi connectivity index (χ0v) is 12.8. The summed E-state index contributed by atoms with van der Waals surface area (Å²) in [5.74, 6) is 1.40. The van der Waals surface area contributed by atoms with Gasteiger partial charge in [-0.25, -0.2) is 4.68 Å². The van der Waals surface area contributed by atoms with Crippen LogP contribution in [0.2, 0.25) is 0 Å². The van der Waals surface area contributed by atoms with E-state index < -0.39 is 0 Å². The van der Waals surface area contributed by atoms with E-state index in [1.54, 1.807) is 0 Å². The molecule has 0 spiro atoms. The predicted molar refractivity (Wildman–Crippen MR) is 83.7 cm³/mol. The van der Waals surface area contributed by atoms with Gasteiger partial charge in [-0.05, 0) is 47.7 Å². The van der Waals surface area contributed by atoms with Gasteiger partial charge in [0.2, 0.25) is 0 Å². The number of aromatic nitrogens is 4. The normalized spacial score (nSPS) is 23.0. The third-order valence-corrected chi connectivity index (χ3v) is 4.69. The first-order valence-corrected chi connectivity index (χ1v) is 7.82. The fourth-order valence-corrected chi connectivity index (χ4v) is 3.31. The van der Waals surface area contributed by atoms with Gasteiger partial charge >= 0.3 is 0 Å². The lowest BCUT2D eigenvalue weighted by Crippen LogP contribution is -2.19. The summed E-state index contributed by atoms with van der Waals surface area (Å²) in [6.07, 6.45) is 6.25. The topological polar surface area (TPSA) is 69.6 Å². The van der Waals surface area contributed by atoms with Crippen molar-refractivity contribution < 1.29 is 0 Å². The Kier molecular flexibility index (Phi) is 3.90. The smallest absolute Gasteiger partial charge is 0.184 e. The van der Waals surface area contributed by atoms with Crippen LogP contribution in [0.25, 0.3) is 11.4 Å². The quantitative estimate of drug-likeness (QED) is 0.678. The number of hydrogen-bond donors (Lipinski definition) is 1. The van der Waals surface area contributed by atoms with Crippen LogP contribution in [-0.4, -0.2) is 20.2 Å². The van der Waals surface area contributed by atoms with Crippen molar-refractivity contribution in [1.82, 2.24) is 20.2 Å². The summed E-state index contributed by atoms with van der Waals surface area (Å²) >= 11 is 0. The van der Waals surface area contributed by atoms with E-state index in [2.05, 4.69) is 22.4 Å².